The topological polar surface area (TPSA) is 96.8 Å². The maximum absolute atomic E-state index is 12.7. The molecule has 0 radical (unpaired) electrons. The van der Waals surface area contributed by atoms with E-state index in [1.165, 1.54) is 16.9 Å². The third-order valence-corrected chi connectivity index (χ3v) is 6.77. The van der Waals surface area contributed by atoms with Crippen LogP contribution < -0.4 is 0 Å². The summed E-state index contributed by atoms with van der Waals surface area (Å²) < 4.78 is 31.4. The van der Waals surface area contributed by atoms with Gasteiger partial charge in [0.25, 0.3) is 10.0 Å². The maximum Gasteiger partial charge on any atom is 0.358 e. The average Bonchev–Trinajstić information content (AvgIpc) is 3.13. The molecule has 21 heavy (non-hydrogen) atoms. The molecule has 0 amide bonds. The first-order chi connectivity index (χ1) is 10.0. The third-order valence-electron chi connectivity index (χ3n) is 3.48. The highest BCUT2D eigenvalue weighted by atomic mass is 32.2. The molecule has 1 aliphatic rings. The van der Waals surface area contributed by atoms with Crippen LogP contribution in [0.1, 0.15) is 36.2 Å². The number of aliphatic hydroxyl groups excluding tert-OH is 1. The van der Waals surface area contributed by atoms with E-state index in [1.807, 2.05) is 0 Å². The lowest BCUT2D eigenvalue weighted by Gasteiger charge is -2.23. The molecule has 2 rings (SSSR count). The van der Waals surface area contributed by atoms with Gasteiger partial charge in [-0.15, -0.1) is 11.3 Å². The van der Waals surface area contributed by atoms with Crippen LogP contribution in [-0.2, 0) is 14.8 Å². The lowest BCUT2D eigenvalue weighted by Crippen LogP contribution is -2.36. The lowest BCUT2D eigenvalue weighted by molar-refractivity contribution is 0.0590. The first-order valence-electron chi connectivity index (χ1n) is 6.67. The number of methoxy groups -OCH3 is 1. The van der Waals surface area contributed by atoms with E-state index in [2.05, 4.69) is 9.72 Å². The Labute approximate surface area is 127 Å². The van der Waals surface area contributed by atoms with E-state index in [-0.39, 0.29) is 22.6 Å². The summed E-state index contributed by atoms with van der Waals surface area (Å²) in [7, 11) is -2.56. The van der Waals surface area contributed by atoms with Crippen molar-refractivity contribution in [3.8, 4) is 0 Å². The van der Waals surface area contributed by atoms with Crippen LogP contribution in [0.5, 0.6) is 0 Å². The Balaban J connectivity index is 2.29. The fourth-order valence-corrected chi connectivity index (χ4v) is 5.47. The summed E-state index contributed by atoms with van der Waals surface area (Å²) in [5, 5.41) is 8.91. The van der Waals surface area contributed by atoms with E-state index in [4.69, 9.17) is 5.11 Å². The van der Waals surface area contributed by atoms with Crippen molar-refractivity contribution >= 4 is 27.3 Å². The van der Waals surface area contributed by atoms with Crippen molar-refractivity contribution in [2.24, 2.45) is 0 Å². The molecule has 118 valence electrons. The minimum absolute atomic E-state index is 0.0400. The quantitative estimate of drug-likeness (QED) is 0.775. The summed E-state index contributed by atoms with van der Waals surface area (Å²) in [4.78, 5) is 15.4. The van der Waals surface area contributed by atoms with Gasteiger partial charge in [0.2, 0.25) is 0 Å². The molecule has 7 nitrogen and oxygen atoms in total. The molecule has 0 bridgehead atoms. The van der Waals surface area contributed by atoms with Crippen molar-refractivity contribution in [3.63, 3.8) is 0 Å². The fraction of sp³-hybridized carbons (Fsp3) is 0.667. The van der Waals surface area contributed by atoms with Crippen LogP contribution in [0, 0.1) is 0 Å². The second kappa shape index (κ2) is 6.82. The van der Waals surface area contributed by atoms with Gasteiger partial charge in [-0.25, -0.2) is 18.2 Å². The Bertz CT molecular complexity index is 599. The minimum atomic E-state index is -3.75. The number of nitrogens with zero attached hydrogens (tertiary/aromatic N) is 2. The smallest absolute Gasteiger partial charge is 0.358 e. The molecule has 0 spiro atoms. The van der Waals surface area contributed by atoms with Crippen molar-refractivity contribution in [3.05, 3.63) is 11.2 Å². The zero-order valence-electron chi connectivity index (χ0n) is 11.7. The van der Waals surface area contributed by atoms with Crippen LogP contribution in [0.3, 0.4) is 0 Å². The van der Waals surface area contributed by atoms with Gasteiger partial charge in [0.1, 0.15) is 0 Å². The molecule has 0 aromatic carbocycles. The molecule has 1 atom stereocenters. The number of sulfonamides is 1. The second-order valence-electron chi connectivity index (χ2n) is 4.76. The van der Waals surface area contributed by atoms with Crippen LogP contribution >= 0.6 is 11.3 Å². The van der Waals surface area contributed by atoms with Gasteiger partial charge in [-0.2, -0.15) is 4.31 Å². The van der Waals surface area contributed by atoms with Gasteiger partial charge in [0, 0.05) is 19.2 Å². The summed E-state index contributed by atoms with van der Waals surface area (Å²) in [6.07, 6.45) is 2.72. The van der Waals surface area contributed by atoms with E-state index in [0.717, 1.165) is 24.2 Å². The molecule has 9 heteroatoms. The second-order valence-corrected chi connectivity index (χ2v) is 7.70. The molecule has 1 saturated heterocycles. The van der Waals surface area contributed by atoms with Crippen LogP contribution in [-0.4, -0.2) is 55.1 Å². The van der Waals surface area contributed by atoms with Gasteiger partial charge in [0.05, 0.1) is 12.6 Å². The molecule has 0 aliphatic carbocycles. The summed E-state index contributed by atoms with van der Waals surface area (Å²) in [6, 6.07) is -0.130. The number of thiazole rings is 1. The van der Waals surface area contributed by atoms with E-state index in [1.54, 1.807) is 0 Å². The largest absolute Gasteiger partial charge is 0.464 e. The highest BCUT2D eigenvalue weighted by molar-refractivity contribution is 7.91. The van der Waals surface area contributed by atoms with Crippen LogP contribution in [0.4, 0.5) is 0 Å². The van der Waals surface area contributed by atoms with E-state index < -0.39 is 16.0 Å². The van der Waals surface area contributed by atoms with Gasteiger partial charge in [-0.05, 0) is 25.7 Å². The maximum atomic E-state index is 12.7. The minimum Gasteiger partial charge on any atom is -0.464 e. The van der Waals surface area contributed by atoms with Crippen molar-refractivity contribution in [1.29, 1.82) is 0 Å². The van der Waals surface area contributed by atoms with Crippen molar-refractivity contribution in [2.45, 2.75) is 35.9 Å². The van der Waals surface area contributed by atoms with Crippen LogP contribution in [0.2, 0.25) is 0 Å². The van der Waals surface area contributed by atoms with Crippen LogP contribution in [0.25, 0.3) is 0 Å². The molecule has 1 N–H and O–H groups in total. The molecular formula is C12H18N2O5S2. The van der Waals surface area contributed by atoms with E-state index >= 15 is 0 Å². The molecule has 1 aromatic heterocycles. The number of aliphatic hydroxyl groups is 1. The van der Waals surface area contributed by atoms with Gasteiger partial charge < -0.3 is 9.84 Å². The zero-order valence-corrected chi connectivity index (χ0v) is 13.3. The highest BCUT2D eigenvalue weighted by Crippen LogP contribution is 2.32. The monoisotopic (exact) mass is 334 g/mol. The van der Waals surface area contributed by atoms with Gasteiger partial charge in [-0.3, -0.25) is 0 Å². The highest BCUT2D eigenvalue weighted by Gasteiger charge is 2.38. The molecule has 1 fully saturated rings. The van der Waals surface area contributed by atoms with Gasteiger partial charge >= 0.3 is 5.97 Å². The predicted octanol–water partition coefficient (Wildman–Crippen LogP) is 0.855. The first kappa shape index (κ1) is 16.3. The van der Waals surface area contributed by atoms with Crippen molar-refractivity contribution in [1.82, 2.24) is 9.29 Å². The van der Waals surface area contributed by atoms with Crippen molar-refractivity contribution < 1.29 is 23.1 Å². The molecule has 1 aromatic rings. The van der Waals surface area contributed by atoms with E-state index in [0.29, 0.717) is 19.4 Å². The summed E-state index contributed by atoms with van der Waals surface area (Å²) in [5.41, 5.74) is 1.17. The molecule has 1 unspecified atom stereocenters. The standard InChI is InChI=1S/C12H18N2O5S2/c1-19-11(16)10-12(20-8-13-10)21(17,18)14-6-2-4-9(14)5-3-7-15/h8-9,15H,2-7H2,1H3. The molecule has 2 heterocycles. The number of carbonyl (C=O) groups excluding carboxylic acids is 1. The molecule has 1 aliphatic heterocycles. The SMILES string of the molecule is COC(=O)c1ncsc1S(=O)(=O)N1CCCC1CCCO. The predicted molar refractivity (Wildman–Crippen MR) is 76.7 cm³/mol. The number of aromatic nitrogens is 1. The summed E-state index contributed by atoms with van der Waals surface area (Å²) >= 11 is 0.922. The number of ether oxygens (including phenoxy) is 1. The van der Waals surface area contributed by atoms with Crippen LogP contribution in [0.15, 0.2) is 9.72 Å². The van der Waals surface area contributed by atoms with Gasteiger partial charge in [0.15, 0.2) is 9.90 Å². The van der Waals surface area contributed by atoms with Gasteiger partial charge in [-0.1, -0.05) is 0 Å². The summed E-state index contributed by atoms with van der Waals surface area (Å²) in [6.45, 7) is 0.468. The number of rotatable bonds is 6. The molecule has 0 saturated carbocycles. The van der Waals surface area contributed by atoms with Crippen molar-refractivity contribution in [2.75, 3.05) is 20.3 Å². The number of esters is 1. The molecular weight excluding hydrogens is 316 g/mol. The van der Waals surface area contributed by atoms with E-state index in [9.17, 15) is 13.2 Å². The number of carbonyl (C=O) groups is 1. The average molecular weight is 334 g/mol. The Morgan fingerprint density at radius 3 is 3.05 bits per heavy atom. The zero-order chi connectivity index (χ0) is 15.5. The Kier molecular flexibility index (Phi) is 5.31. The Hall–Kier alpha value is -1.03. The normalized spacial score (nSPS) is 19.8. The number of hydrogen-bond donors (Lipinski definition) is 1. The Morgan fingerprint density at radius 2 is 2.38 bits per heavy atom. The fourth-order valence-electron chi connectivity index (χ4n) is 2.50. The summed E-state index contributed by atoms with van der Waals surface area (Å²) in [5.74, 6) is -0.749. The third kappa shape index (κ3) is 3.25. The first-order valence-corrected chi connectivity index (χ1v) is 8.99. The lowest BCUT2D eigenvalue weighted by atomic mass is 10.1. The number of hydrogen-bond acceptors (Lipinski definition) is 7. The Morgan fingerprint density at radius 1 is 1.62 bits per heavy atom.